The smallest absolute Gasteiger partial charge is 0.130 e. The van der Waals surface area contributed by atoms with Crippen molar-refractivity contribution < 1.29 is 4.39 Å². The number of fused-ring (bicyclic) bond motifs is 3. The highest BCUT2D eigenvalue weighted by Gasteiger charge is 2.12. The van der Waals surface area contributed by atoms with Crippen LogP contribution in [0.15, 0.2) is 24.3 Å². The van der Waals surface area contributed by atoms with Gasteiger partial charge in [0.1, 0.15) is 11.0 Å². The van der Waals surface area contributed by atoms with Crippen molar-refractivity contribution in [1.82, 2.24) is 9.55 Å². The van der Waals surface area contributed by atoms with Crippen LogP contribution in [-0.4, -0.2) is 9.55 Å². The standard InChI is InChI=1S/C13H10ClFN2/c1-7-13-10(6-12(14)16-7)9-4-3-8(15)5-11(9)17(13)2/h3-6H,1-2H3. The number of rotatable bonds is 0. The third-order valence-electron chi connectivity index (χ3n) is 3.08. The molecule has 0 fully saturated rings. The maximum atomic E-state index is 13.3. The minimum atomic E-state index is -0.236. The van der Waals surface area contributed by atoms with Crippen molar-refractivity contribution in [3.05, 3.63) is 40.9 Å². The zero-order valence-corrected chi connectivity index (χ0v) is 10.2. The topological polar surface area (TPSA) is 17.8 Å². The Morgan fingerprint density at radius 2 is 2.00 bits per heavy atom. The van der Waals surface area contributed by atoms with Crippen LogP contribution in [0.4, 0.5) is 4.39 Å². The molecule has 0 bridgehead atoms. The van der Waals surface area contributed by atoms with Crippen LogP contribution < -0.4 is 0 Å². The largest absolute Gasteiger partial charge is 0.342 e. The Bertz CT molecular complexity index is 746. The molecule has 3 rings (SSSR count). The maximum absolute atomic E-state index is 13.3. The van der Waals surface area contributed by atoms with Crippen LogP contribution in [0.2, 0.25) is 5.15 Å². The third kappa shape index (κ3) is 1.42. The Morgan fingerprint density at radius 1 is 1.24 bits per heavy atom. The van der Waals surface area contributed by atoms with Crippen molar-refractivity contribution in [1.29, 1.82) is 0 Å². The molecule has 0 atom stereocenters. The van der Waals surface area contributed by atoms with Crippen LogP contribution in [-0.2, 0) is 7.05 Å². The normalized spacial score (nSPS) is 11.5. The van der Waals surface area contributed by atoms with E-state index in [1.165, 1.54) is 12.1 Å². The molecular formula is C13H10ClFN2. The first-order valence-electron chi connectivity index (χ1n) is 5.28. The number of aromatic nitrogens is 2. The summed E-state index contributed by atoms with van der Waals surface area (Å²) in [7, 11) is 1.91. The second-order valence-electron chi connectivity index (χ2n) is 4.15. The fourth-order valence-corrected chi connectivity index (χ4v) is 2.62. The van der Waals surface area contributed by atoms with Gasteiger partial charge in [-0.25, -0.2) is 9.37 Å². The molecular weight excluding hydrogens is 239 g/mol. The van der Waals surface area contributed by atoms with E-state index in [-0.39, 0.29) is 5.82 Å². The van der Waals surface area contributed by atoms with Gasteiger partial charge in [-0.3, -0.25) is 0 Å². The Labute approximate surface area is 103 Å². The molecule has 0 aliphatic heterocycles. The highest BCUT2D eigenvalue weighted by molar-refractivity contribution is 6.30. The van der Waals surface area contributed by atoms with Gasteiger partial charge in [-0.15, -0.1) is 0 Å². The number of aryl methyl sites for hydroxylation is 2. The molecule has 2 aromatic heterocycles. The number of benzene rings is 1. The molecule has 0 saturated heterocycles. The van der Waals surface area contributed by atoms with E-state index in [2.05, 4.69) is 4.98 Å². The number of hydrogen-bond donors (Lipinski definition) is 0. The average Bonchev–Trinajstić information content (AvgIpc) is 2.52. The molecule has 4 heteroatoms. The minimum Gasteiger partial charge on any atom is -0.342 e. The van der Waals surface area contributed by atoms with Crippen LogP contribution in [0.1, 0.15) is 5.69 Å². The molecule has 86 valence electrons. The Hall–Kier alpha value is -1.61. The van der Waals surface area contributed by atoms with Crippen molar-refractivity contribution in [2.24, 2.45) is 7.05 Å². The zero-order valence-electron chi connectivity index (χ0n) is 9.46. The molecule has 0 unspecified atom stereocenters. The summed E-state index contributed by atoms with van der Waals surface area (Å²) in [6.07, 6.45) is 0. The first kappa shape index (κ1) is 10.5. The van der Waals surface area contributed by atoms with Crippen LogP contribution in [0.25, 0.3) is 21.8 Å². The van der Waals surface area contributed by atoms with Gasteiger partial charge in [-0.1, -0.05) is 11.6 Å². The number of nitrogens with zero attached hydrogens (tertiary/aromatic N) is 2. The lowest BCUT2D eigenvalue weighted by Gasteiger charge is -2.01. The predicted molar refractivity (Wildman–Crippen MR) is 67.9 cm³/mol. The monoisotopic (exact) mass is 248 g/mol. The van der Waals surface area contributed by atoms with Gasteiger partial charge in [-0.05, 0) is 31.2 Å². The van der Waals surface area contributed by atoms with Crippen molar-refractivity contribution >= 4 is 33.4 Å². The molecule has 0 spiro atoms. The molecule has 3 aromatic rings. The fourth-order valence-electron chi connectivity index (χ4n) is 2.39. The van der Waals surface area contributed by atoms with E-state index in [0.717, 1.165) is 27.5 Å². The summed E-state index contributed by atoms with van der Waals surface area (Å²) >= 11 is 5.97. The molecule has 2 heterocycles. The van der Waals surface area contributed by atoms with E-state index in [1.807, 2.05) is 24.6 Å². The Morgan fingerprint density at radius 3 is 2.76 bits per heavy atom. The SMILES string of the molecule is Cc1nc(Cl)cc2c3ccc(F)cc3n(C)c12. The lowest BCUT2D eigenvalue weighted by Crippen LogP contribution is -1.92. The van der Waals surface area contributed by atoms with E-state index in [9.17, 15) is 4.39 Å². The highest BCUT2D eigenvalue weighted by Crippen LogP contribution is 2.31. The number of hydrogen-bond acceptors (Lipinski definition) is 1. The van der Waals surface area contributed by atoms with Crippen LogP contribution in [0.5, 0.6) is 0 Å². The Balaban J connectivity index is 2.63. The van der Waals surface area contributed by atoms with Gasteiger partial charge in [0.2, 0.25) is 0 Å². The number of halogens is 2. The summed E-state index contributed by atoms with van der Waals surface area (Å²) in [5.41, 5.74) is 2.70. The van der Waals surface area contributed by atoms with E-state index in [0.29, 0.717) is 5.15 Å². The molecule has 1 aromatic carbocycles. The third-order valence-corrected chi connectivity index (χ3v) is 3.28. The van der Waals surface area contributed by atoms with Crippen molar-refractivity contribution in [3.63, 3.8) is 0 Å². The van der Waals surface area contributed by atoms with Crippen molar-refractivity contribution in [2.45, 2.75) is 6.92 Å². The Kier molecular flexibility index (Phi) is 2.13. The van der Waals surface area contributed by atoms with Crippen molar-refractivity contribution in [2.75, 3.05) is 0 Å². The highest BCUT2D eigenvalue weighted by atomic mass is 35.5. The van der Waals surface area contributed by atoms with E-state index in [4.69, 9.17) is 11.6 Å². The van der Waals surface area contributed by atoms with E-state index in [1.54, 1.807) is 6.07 Å². The fraction of sp³-hybridized carbons (Fsp3) is 0.154. The second kappa shape index (κ2) is 3.44. The molecule has 2 nitrogen and oxygen atoms in total. The first-order valence-corrected chi connectivity index (χ1v) is 5.66. The van der Waals surface area contributed by atoms with Gasteiger partial charge >= 0.3 is 0 Å². The van der Waals surface area contributed by atoms with Gasteiger partial charge in [0, 0.05) is 17.8 Å². The molecule has 17 heavy (non-hydrogen) atoms. The first-order chi connectivity index (χ1) is 8.08. The summed E-state index contributed by atoms with van der Waals surface area (Å²) in [5.74, 6) is -0.236. The summed E-state index contributed by atoms with van der Waals surface area (Å²) in [6.45, 7) is 1.91. The van der Waals surface area contributed by atoms with Gasteiger partial charge < -0.3 is 4.57 Å². The number of pyridine rings is 1. The lowest BCUT2D eigenvalue weighted by atomic mass is 10.2. The van der Waals surface area contributed by atoms with E-state index >= 15 is 0 Å². The van der Waals surface area contributed by atoms with Crippen LogP contribution >= 0.6 is 11.6 Å². The van der Waals surface area contributed by atoms with Crippen LogP contribution in [0.3, 0.4) is 0 Å². The minimum absolute atomic E-state index is 0.236. The molecule has 0 aliphatic carbocycles. The van der Waals surface area contributed by atoms with Gasteiger partial charge in [0.15, 0.2) is 0 Å². The molecule has 0 amide bonds. The maximum Gasteiger partial charge on any atom is 0.130 e. The van der Waals surface area contributed by atoms with Crippen molar-refractivity contribution in [3.8, 4) is 0 Å². The molecule has 0 saturated carbocycles. The molecule has 0 N–H and O–H groups in total. The summed E-state index contributed by atoms with van der Waals surface area (Å²) in [4.78, 5) is 4.23. The summed E-state index contributed by atoms with van der Waals surface area (Å²) < 4.78 is 15.2. The zero-order chi connectivity index (χ0) is 12.2. The second-order valence-corrected chi connectivity index (χ2v) is 4.53. The lowest BCUT2D eigenvalue weighted by molar-refractivity contribution is 0.629. The van der Waals surface area contributed by atoms with Crippen LogP contribution in [0, 0.1) is 12.7 Å². The van der Waals surface area contributed by atoms with E-state index < -0.39 is 0 Å². The van der Waals surface area contributed by atoms with Gasteiger partial charge in [-0.2, -0.15) is 0 Å². The quantitative estimate of drug-likeness (QED) is 0.553. The summed E-state index contributed by atoms with van der Waals surface area (Å²) in [5, 5.41) is 2.48. The van der Waals surface area contributed by atoms with Gasteiger partial charge in [0.05, 0.1) is 16.7 Å². The molecule has 0 aliphatic rings. The average molecular weight is 249 g/mol. The predicted octanol–water partition coefficient (Wildman–Crippen LogP) is 3.83. The summed E-state index contributed by atoms with van der Waals surface area (Å²) in [6, 6.07) is 6.60. The van der Waals surface area contributed by atoms with Gasteiger partial charge in [0.25, 0.3) is 0 Å². The molecule has 0 radical (unpaired) electrons.